The normalized spacial score (nSPS) is 13.3. The number of ether oxygens (including phenoxy) is 1. The van der Waals surface area contributed by atoms with E-state index in [1.165, 1.54) is 16.7 Å². The predicted octanol–water partition coefficient (Wildman–Crippen LogP) is 3.45. The number of hydrogen-bond acceptors (Lipinski definition) is 2. The number of hydrogen-bond donors (Lipinski definition) is 1. The molecule has 0 radical (unpaired) electrons. The molecule has 0 atom stereocenters. The van der Waals surface area contributed by atoms with Crippen molar-refractivity contribution >= 4 is 6.03 Å². The third-order valence-corrected chi connectivity index (χ3v) is 4.61. The van der Waals surface area contributed by atoms with Crippen molar-refractivity contribution in [3.63, 3.8) is 0 Å². The summed E-state index contributed by atoms with van der Waals surface area (Å²) in [6.07, 6.45) is 0.919. The zero-order valence-electron chi connectivity index (χ0n) is 14.3. The number of carbonyl (C=O) groups excluding carboxylic acids is 1. The number of urea groups is 1. The van der Waals surface area contributed by atoms with Gasteiger partial charge in [-0.15, -0.1) is 0 Å². The zero-order valence-corrected chi connectivity index (χ0v) is 14.3. The number of amides is 2. The lowest BCUT2D eigenvalue weighted by Gasteiger charge is -2.29. The molecule has 0 aliphatic carbocycles. The number of carbonyl (C=O) groups is 1. The number of fused-ring (bicyclic) bond motifs is 1. The Kier molecular flexibility index (Phi) is 5.04. The smallest absolute Gasteiger partial charge is 0.317 e. The number of benzene rings is 2. The summed E-state index contributed by atoms with van der Waals surface area (Å²) in [5, 5.41) is 2.95. The monoisotopic (exact) mass is 324 g/mol. The molecular formula is C20H24N2O2. The summed E-state index contributed by atoms with van der Waals surface area (Å²) in [4.78, 5) is 14.2. The fraction of sp³-hybridized carbons (Fsp3) is 0.350. The summed E-state index contributed by atoms with van der Waals surface area (Å²) in [6.45, 7) is 6.54. The molecule has 24 heavy (non-hydrogen) atoms. The highest BCUT2D eigenvalue weighted by Gasteiger charge is 2.19. The van der Waals surface area contributed by atoms with Gasteiger partial charge >= 0.3 is 6.03 Å². The summed E-state index contributed by atoms with van der Waals surface area (Å²) in [5.41, 5.74) is 4.95. The third kappa shape index (κ3) is 3.70. The van der Waals surface area contributed by atoms with Crippen molar-refractivity contribution in [2.75, 3.05) is 19.7 Å². The Morgan fingerprint density at radius 2 is 1.92 bits per heavy atom. The van der Waals surface area contributed by atoms with Crippen molar-refractivity contribution in [1.29, 1.82) is 0 Å². The Morgan fingerprint density at radius 3 is 2.75 bits per heavy atom. The second-order valence-corrected chi connectivity index (χ2v) is 6.22. The van der Waals surface area contributed by atoms with Gasteiger partial charge in [0.05, 0.1) is 6.54 Å². The van der Waals surface area contributed by atoms with E-state index in [4.69, 9.17) is 4.74 Å². The van der Waals surface area contributed by atoms with Gasteiger partial charge in [-0.05, 0) is 48.6 Å². The highest BCUT2D eigenvalue weighted by Crippen LogP contribution is 2.20. The molecule has 0 saturated heterocycles. The lowest BCUT2D eigenvalue weighted by Crippen LogP contribution is -2.43. The van der Waals surface area contributed by atoms with Crippen LogP contribution in [0.1, 0.15) is 22.3 Å². The number of nitrogens with zero attached hydrogens (tertiary/aromatic N) is 1. The maximum atomic E-state index is 12.3. The SMILES string of the molecule is Cc1cccc(OCCNC(=O)N2CCc3ccccc3C2)c1C. The highest BCUT2D eigenvalue weighted by molar-refractivity contribution is 5.74. The topological polar surface area (TPSA) is 41.6 Å². The summed E-state index contributed by atoms with van der Waals surface area (Å²) >= 11 is 0. The van der Waals surface area contributed by atoms with Crippen molar-refractivity contribution < 1.29 is 9.53 Å². The minimum atomic E-state index is -0.0194. The van der Waals surface area contributed by atoms with E-state index in [2.05, 4.69) is 43.4 Å². The molecule has 2 aromatic carbocycles. The molecule has 0 fully saturated rings. The van der Waals surface area contributed by atoms with E-state index in [1.807, 2.05) is 23.1 Å². The van der Waals surface area contributed by atoms with Crippen LogP contribution in [0.25, 0.3) is 0 Å². The van der Waals surface area contributed by atoms with Crippen LogP contribution in [0.15, 0.2) is 42.5 Å². The average molecular weight is 324 g/mol. The molecule has 4 heteroatoms. The van der Waals surface area contributed by atoms with Crippen molar-refractivity contribution in [2.45, 2.75) is 26.8 Å². The molecule has 2 aromatic rings. The number of rotatable bonds is 4. The quantitative estimate of drug-likeness (QED) is 0.875. The van der Waals surface area contributed by atoms with Crippen LogP contribution < -0.4 is 10.1 Å². The van der Waals surface area contributed by atoms with E-state index in [0.29, 0.717) is 19.7 Å². The van der Waals surface area contributed by atoms with E-state index in [9.17, 15) is 4.79 Å². The van der Waals surface area contributed by atoms with Gasteiger partial charge in [-0.3, -0.25) is 0 Å². The van der Waals surface area contributed by atoms with Gasteiger partial charge in [0, 0.05) is 13.1 Å². The molecule has 3 rings (SSSR count). The van der Waals surface area contributed by atoms with Crippen LogP contribution in [0.2, 0.25) is 0 Å². The standard InChI is InChI=1S/C20H24N2O2/c1-15-6-5-9-19(16(15)2)24-13-11-21-20(23)22-12-10-17-7-3-4-8-18(17)14-22/h3-9H,10-14H2,1-2H3,(H,21,23). The lowest BCUT2D eigenvalue weighted by molar-refractivity contribution is 0.189. The van der Waals surface area contributed by atoms with Gasteiger partial charge in [-0.2, -0.15) is 0 Å². The number of nitrogens with one attached hydrogen (secondary N) is 1. The largest absolute Gasteiger partial charge is 0.491 e. The first-order chi connectivity index (χ1) is 11.6. The first kappa shape index (κ1) is 16.4. The molecule has 0 spiro atoms. The van der Waals surface area contributed by atoms with E-state index in [-0.39, 0.29) is 6.03 Å². The molecule has 0 saturated carbocycles. The predicted molar refractivity (Wildman–Crippen MR) is 95.4 cm³/mol. The third-order valence-electron chi connectivity index (χ3n) is 4.61. The van der Waals surface area contributed by atoms with Crippen LogP contribution in [0.4, 0.5) is 4.79 Å². The van der Waals surface area contributed by atoms with E-state index in [0.717, 1.165) is 24.3 Å². The van der Waals surface area contributed by atoms with E-state index in [1.54, 1.807) is 0 Å². The molecule has 0 bridgehead atoms. The average Bonchev–Trinajstić information content (AvgIpc) is 2.61. The van der Waals surface area contributed by atoms with Crippen LogP contribution in [-0.2, 0) is 13.0 Å². The van der Waals surface area contributed by atoms with E-state index >= 15 is 0 Å². The molecule has 2 amide bonds. The van der Waals surface area contributed by atoms with Crippen LogP contribution in [-0.4, -0.2) is 30.6 Å². The maximum Gasteiger partial charge on any atom is 0.317 e. The van der Waals surface area contributed by atoms with Gasteiger partial charge in [0.1, 0.15) is 12.4 Å². The maximum absolute atomic E-state index is 12.3. The van der Waals surface area contributed by atoms with Crippen molar-refractivity contribution in [3.8, 4) is 5.75 Å². The minimum absolute atomic E-state index is 0.0194. The van der Waals surface area contributed by atoms with Crippen LogP contribution >= 0.6 is 0 Å². The summed E-state index contributed by atoms with van der Waals surface area (Å²) in [7, 11) is 0. The number of aryl methyl sites for hydroxylation is 1. The molecular weight excluding hydrogens is 300 g/mol. The van der Waals surface area contributed by atoms with Gasteiger partial charge in [0.15, 0.2) is 0 Å². The van der Waals surface area contributed by atoms with Gasteiger partial charge in [-0.1, -0.05) is 36.4 Å². The molecule has 1 aliphatic rings. The van der Waals surface area contributed by atoms with Gasteiger partial charge in [0.2, 0.25) is 0 Å². The second kappa shape index (κ2) is 7.39. The van der Waals surface area contributed by atoms with Crippen LogP contribution in [0, 0.1) is 13.8 Å². The fourth-order valence-electron chi connectivity index (χ4n) is 2.98. The Labute approximate surface area is 143 Å². The van der Waals surface area contributed by atoms with Gasteiger partial charge in [0.25, 0.3) is 0 Å². The van der Waals surface area contributed by atoms with Gasteiger partial charge < -0.3 is 15.0 Å². The van der Waals surface area contributed by atoms with Crippen LogP contribution in [0.5, 0.6) is 5.75 Å². The van der Waals surface area contributed by atoms with Crippen molar-refractivity contribution in [3.05, 3.63) is 64.7 Å². The Hall–Kier alpha value is -2.49. The van der Waals surface area contributed by atoms with Crippen LogP contribution in [0.3, 0.4) is 0 Å². The molecule has 1 N–H and O–H groups in total. The first-order valence-electron chi connectivity index (χ1n) is 8.44. The van der Waals surface area contributed by atoms with Gasteiger partial charge in [-0.25, -0.2) is 4.79 Å². The zero-order chi connectivity index (χ0) is 16.9. The fourth-order valence-corrected chi connectivity index (χ4v) is 2.98. The van der Waals surface area contributed by atoms with Crippen molar-refractivity contribution in [2.24, 2.45) is 0 Å². The first-order valence-corrected chi connectivity index (χ1v) is 8.44. The molecule has 1 aliphatic heterocycles. The second-order valence-electron chi connectivity index (χ2n) is 6.22. The molecule has 0 unspecified atom stereocenters. The lowest BCUT2D eigenvalue weighted by atomic mass is 10.0. The summed E-state index contributed by atoms with van der Waals surface area (Å²) < 4.78 is 5.78. The molecule has 4 nitrogen and oxygen atoms in total. The Morgan fingerprint density at radius 1 is 1.12 bits per heavy atom. The summed E-state index contributed by atoms with van der Waals surface area (Å²) in [6, 6.07) is 14.3. The Balaban J connectivity index is 1.46. The van der Waals surface area contributed by atoms with Crippen molar-refractivity contribution in [1.82, 2.24) is 10.2 Å². The molecule has 1 heterocycles. The molecule has 0 aromatic heterocycles. The Bertz CT molecular complexity index is 727. The highest BCUT2D eigenvalue weighted by atomic mass is 16.5. The summed E-state index contributed by atoms with van der Waals surface area (Å²) in [5.74, 6) is 0.885. The minimum Gasteiger partial charge on any atom is -0.491 e. The van der Waals surface area contributed by atoms with E-state index < -0.39 is 0 Å². The molecule has 126 valence electrons.